The lowest BCUT2D eigenvalue weighted by atomic mass is 9.99. The van der Waals surface area contributed by atoms with Crippen molar-refractivity contribution in [3.63, 3.8) is 0 Å². The number of nitrogens with zero attached hydrogens (tertiary/aromatic N) is 1. The van der Waals surface area contributed by atoms with Gasteiger partial charge in [-0.1, -0.05) is 84.9 Å². The first-order valence-electron chi connectivity index (χ1n) is 9.03. The molecule has 0 saturated heterocycles. The molecule has 0 amide bonds. The molecular formula is C24H20N4. The molecule has 1 aromatic heterocycles. The van der Waals surface area contributed by atoms with Gasteiger partial charge in [-0.15, -0.1) is 0 Å². The summed E-state index contributed by atoms with van der Waals surface area (Å²) in [6.07, 6.45) is 1.89. The molecule has 0 spiro atoms. The van der Waals surface area contributed by atoms with Gasteiger partial charge in [-0.3, -0.25) is 5.41 Å². The lowest BCUT2D eigenvalue weighted by Gasteiger charge is -2.09. The minimum absolute atomic E-state index is 0.228. The average molecular weight is 364 g/mol. The highest BCUT2D eigenvalue weighted by Crippen LogP contribution is 2.26. The van der Waals surface area contributed by atoms with Gasteiger partial charge >= 0.3 is 0 Å². The Bertz CT molecular complexity index is 1160. The monoisotopic (exact) mass is 364 g/mol. The van der Waals surface area contributed by atoms with Crippen molar-refractivity contribution >= 4 is 5.96 Å². The van der Waals surface area contributed by atoms with E-state index in [-0.39, 0.29) is 5.96 Å². The van der Waals surface area contributed by atoms with Gasteiger partial charge in [0.2, 0.25) is 5.96 Å². The van der Waals surface area contributed by atoms with Gasteiger partial charge in [0.15, 0.2) is 0 Å². The maximum atomic E-state index is 7.51. The van der Waals surface area contributed by atoms with Crippen LogP contribution in [0.15, 0.2) is 102 Å². The van der Waals surface area contributed by atoms with Gasteiger partial charge in [-0.05, 0) is 33.9 Å². The quantitative estimate of drug-likeness (QED) is 0.354. The summed E-state index contributed by atoms with van der Waals surface area (Å²) in [4.78, 5) is 7.32. The lowest BCUT2D eigenvalue weighted by Crippen LogP contribution is -2.18. The van der Waals surface area contributed by atoms with Crippen molar-refractivity contribution < 1.29 is 0 Å². The molecule has 0 bridgehead atoms. The van der Waals surface area contributed by atoms with Gasteiger partial charge in [0.25, 0.3) is 0 Å². The molecule has 0 unspecified atom stereocenters. The first-order chi connectivity index (χ1) is 13.7. The van der Waals surface area contributed by atoms with Crippen LogP contribution >= 0.6 is 0 Å². The highest BCUT2D eigenvalue weighted by atomic mass is 15.0. The number of hydrogen-bond acceptors (Lipinski definition) is 1. The number of nitrogens with one attached hydrogen (secondary N) is 2. The Labute approximate surface area is 163 Å². The van der Waals surface area contributed by atoms with Gasteiger partial charge in [0.1, 0.15) is 5.49 Å². The molecule has 0 radical (unpaired) electrons. The fourth-order valence-electron chi connectivity index (χ4n) is 3.19. The normalized spacial score (nSPS) is 11.4. The van der Waals surface area contributed by atoms with E-state index >= 15 is 0 Å². The first kappa shape index (κ1) is 17.5. The summed E-state index contributed by atoms with van der Waals surface area (Å²) in [6, 6.07) is 30.8. The average Bonchev–Trinajstić information content (AvgIpc) is 2.75. The van der Waals surface area contributed by atoms with E-state index in [0.717, 1.165) is 22.3 Å². The van der Waals surface area contributed by atoms with Gasteiger partial charge in [-0.2, -0.15) is 4.99 Å². The number of pyridine rings is 1. The molecule has 4 aromatic rings. The second-order valence-electron chi connectivity index (χ2n) is 6.46. The lowest BCUT2D eigenvalue weighted by molar-refractivity contribution is 1.15. The molecule has 0 aliphatic carbocycles. The number of nitrogens with two attached hydrogens (primary N) is 1. The molecule has 4 heteroatoms. The Kier molecular flexibility index (Phi) is 4.85. The number of aromatic amines is 1. The van der Waals surface area contributed by atoms with E-state index < -0.39 is 0 Å². The third kappa shape index (κ3) is 3.76. The zero-order chi connectivity index (χ0) is 19.3. The fraction of sp³-hybridized carbons (Fsp3) is 0. The van der Waals surface area contributed by atoms with Crippen LogP contribution in [0, 0.1) is 5.41 Å². The minimum Gasteiger partial charge on any atom is -0.368 e. The van der Waals surface area contributed by atoms with E-state index in [1.807, 2.05) is 54.7 Å². The van der Waals surface area contributed by atoms with E-state index in [9.17, 15) is 0 Å². The van der Waals surface area contributed by atoms with E-state index in [0.29, 0.717) is 5.49 Å². The maximum Gasteiger partial charge on any atom is 0.214 e. The summed E-state index contributed by atoms with van der Waals surface area (Å²) in [5.41, 5.74) is 12.5. The molecule has 0 aliphatic heterocycles. The van der Waals surface area contributed by atoms with Crippen LogP contribution in [0.1, 0.15) is 0 Å². The smallest absolute Gasteiger partial charge is 0.214 e. The van der Waals surface area contributed by atoms with Gasteiger partial charge in [0.05, 0.1) is 0 Å². The highest BCUT2D eigenvalue weighted by Gasteiger charge is 2.06. The Morgan fingerprint density at radius 1 is 0.679 bits per heavy atom. The van der Waals surface area contributed by atoms with E-state index in [2.05, 4.69) is 52.4 Å². The van der Waals surface area contributed by atoms with Crippen molar-refractivity contribution in [3.8, 4) is 33.4 Å². The summed E-state index contributed by atoms with van der Waals surface area (Å²) in [7, 11) is 0. The third-order valence-corrected chi connectivity index (χ3v) is 4.56. The zero-order valence-corrected chi connectivity index (χ0v) is 15.3. The van der Waals surface area contributed by atoms with Crippen LogP contribution in [0.2, 0.25) is 0 Å². The molecule has 0 fully saturated rings. The van der Waals surface area contributed by atoms with Crippen LogP contribution in [0.5, 0.6) is 0 Å². The molecule has 4 nitrogen and oxygen atoms in total. The summed E-state index contributed by atoms with van der Waals surface area (Å²) < 4.78 is 0. The molecule has 3 aromatic carbocycles. The molecule has 4 N–H and O–H groups in total. The van der Waals surface area contributed by atoms with Crippen molar-refractivity contribution in [2.75, 3.05) is 0 Å². The van der Waals surface area contributed by atoms with Crippen LogP contribution in [-0.4, -0.2) is 10.9 Å². The summed E-state index contributed by atoms with van der Waals surface area (Å²) in [5, 5.41) is 7.51. The van der Waals surface area contributed by atoms with Gasteiger partial charge < -0.3 is 10.7 Å². The largest absolute Gasteiger partial charge is 0.368 e. The second-order valence-corrected chi connectivity index (χ2v) is 6.46. The van der Waals surface area contributed by atoms with Crippen LogP contribution in [0.25, 0.3) is 33.4 Å². The van der Waals surface area contributed by atoms with Crippen molar-refractivity contribution in [2.24, 2.45) is 10.7 Å². The van der Waals surface area contributed by atoms with Crippen LogP contribution in [0.3, 0.4) is 0 Å². The SMILES string of the molecule is N=C(N)/N=c1\[nH]cc(-c2ccc(-c3ccccc3)cc2)cc1-c1ccccc1. The van der Waals surface area contributed by atoms with Gasteiger partial charge in [-0.25, -0.2) is 0 Å². The molecule has 136 valence electrons. The molecule has 4 rings (SSSR count). The summed E-state index contributed by atoms with van der Waals surface area (Å²) >= 11 is 0. The predicted molar refractivity (Wildman–Crippen MR) is 115 cm³/mol. The standard InChI is InChI=1S/C24H20N4/c25-24(26)28-23-22(20-9-5-2-6-10-20)15-21(16-27-23)19-13-11-18(12-14-19)17-7-3-1-4-8-17/h1-16H,(H4,25,26,27,28). The van der Waals surface area contributed by atoms with Crippen LogP contribution in [-0.2, 0) is 0 Å². The zero-order valence-electron chi connectivity index (χ0n) is 15.3. The minimum atomic E-state index is -0.228. The maximum absolute atomic E-state index is 7.51. The summed E-state index contributed by atoms with van der Waals surface area (Å²) in [5.74, 6) is -0.228. The first-order valence-corrected chi connectivity index (χ1v) is 9.03. The van der Waals surface area contributed by atoms with Crippen LogP contribution in [0.4, 0.5) is 0 Å². The van der Waals surface area contributed by atoms with Gasteiger partial charge in [0, 0.05) is 11.8 Å². The third-order valence-electron chi connectivity index (χ3n) is 4.56. The van der Waals surface area contributed by atoms with E-state index in [4.69, 9.17) is 11.1 Å². The van der Waals surface area contributed by atoms with E-state index in [1.54, 1.807) is 0 Å². The fourth-order valence-corrected chi connectivity index (χ4v) is 3.19. The Morgan fingerprint density at radius 3 is 1.75 bits per heavy atom. The number of hydrogen-bond donors (Lipinski definition) is 3. The van der Waals surface area contributed by atoms with Crippen molar-refractivity contribution in [1.29, 1.82) is 5.41 Å². The molecule has 0 atom stereocenters. The molecular weight excluding hydrogens is 344 g/mol. The van der Waals surface area contributed by atoms with Crippen LogP contribution < -0.4 is 11.2 Å². The molecule has 1 heterocycles. The Morgan fingerprint density at radius 2 is 1.18 bits per heavy atom. The second kappa shape index (κ2) is 7.76. The Balaban J connectivity index is 1.78. The number of aromatic nitrogens is 1. The van der Waals surface area contributed by atoms with Crippen molar-refractivity contribution in [2.45, 2.75) is 0 Å². The molecule has 28 heavy (non-hydrogen) atoms. The predicted octanol–water partition coefficient (Wildman–Crippen LogP) is 4.81. The number of rotatable bonds is 3. The molecule has 0 saturated carbocycles. The Hall–Kier alpha value is -3.92. The van der Waals surface area contributed by atoms with Crippen molar-refractivity contribution in [3.05, 3.63) is 103 Å². The summed E-state index contributed by atoms with van der Waals surface area (Å²) in [6.45, 7) is 0. The number of H-pyrrole nitrogens is 1. The topological polar surface area (TPSA) is 78.0 Å². The van der Waals surface area contributed by atoms with E-state index in [1.165, 1.54) is 11.1 Å². The van der Waals surface area contributed by atoms with Crippen molar-refractivity contribution in [1.82, 2.24) is 4.98 Å². The molecule has 0 aliphatic rings. The number of guanidine groups is 1. The number of benzene rings is 3. The highest BCUT2D eigenvalue weighted by molar-refractivity contribution is 5.78.